The fourth-order valence-electron chi connectivity index (χ4n) is 4.70. The SMILES string of the molecule is O=C(NC1CCC(C(=O)NCCN2CCC(c3ccccc3)C2)CC1)c1cncnc1. The average molecular weight is 422 g/mol. The zero-order valence-electron chi connectivity index (χ0n) is 17.9. The van der Waals surface area contributed by atoms with E-state index in [-0.39, 0.29) is 23.8 Å². The second-order valence-corrected chi connectivity index (χ2v) is 8.64. The van der Waals surface area contributed by atoms with Crippen molar-refractivity contribution in [1.82, 2.24) is 25.5 Å². The van der Waals surface area contributed by atoms with Gasteiger partial charge in [-0.1, -0.05) is 30.3 Å². The molecule has 1 atom stereocenters. The molecule has 1 saturated carbocycles. The average Bonchev–Trinajstić information content (AvgIpc) is 3.29. The minimum atomic E-state index is -0.145. The van der Waals surface area contributed by atoms with Gasteiger partial charge in [-0.3, -0.25) is 9.59 Å². The van der Waals surface area contributed by atoms with Gasteiger partial charge < -0.3 is 15.5 Å². The van der Waals surface area contributed by atoms with Gasteiger partial charge in [0.15, 0.2) is 0 Å². The summed E-state index contributed by atoms with van der Waals surface area (Å²) in [6, 6.07) is 10.8. The summed E-state index contributed by atoms with van der Waals surface area (Å²) in [4.78, 5) is 35.0. The molecule has 1 aromatic heterocycles. The molecule has 2 heterocycles. The summed E-state index contributed by atoms with van der Waals surface area (Å²) < 4.78 is 0. The Bertz CT molecular complexity index is 853. The van der Waals surface area contributed by atoms with Crippen LogP contribution in [0.25, 0.3) is 0 Å². The molecule has 0 radical (unpaired) electrons. The molecule has 2 amide bonds. The molecule has 2 N–H and O–H groups in total. The van der Waals surface area contributed by atoms with Crippen LogP contribution in [0.4, 0.5) is 0 Å². The van der Waals surface area contributed by atoms with Crippen molar-refractivity contribution in [2.24, 2.45) is 5.92 Å². The Morgan fingerprint density at radius 2 is 1.74 bits per heavy atom. The minimum absolute atomic E-state index is 0.0452. The second-order valence-electron chi connectivity index (χ2n) is 8.64. The minimum Gasteiger partial charge on any atom is -0.355 e. The van der Waals surface area contributed by atoms with E-state index in [1.165, 1.54) is 30.7 Å². The van der Waals surface area contributed by atoms with Gasteiger partial charge in [0.05, 0.1) is 5.56 Å². The molecule has 0 bridgehead atoms. The highest BCUT2D eigenvalue weighted by Gasteiger charge is 2.28. The summed E-state index contributed by atoms with van der Waals surface area (Å²) in [7, 11) is 0. The monoisotopic (exact) mass is 421 g/mol. The van der Waals surface area contributed by atoms with E-state index in [2.05, 4.69) is 55.8 Å². The number of amides is 2. The molecule has 2 fully saturated rings. The molecular weight excluding hydrogens is 390 g/mol. The molecule has 4 rings (SSSR count). The van der Waals surface area contributed by atoms with Gasteiger partial charge in [0.1, 0.15) is 6.33 Å². The Kier molecular flexibility index (Phi) is 7.25. The first-order valence-electron chi connectivity index (χ1n) is 11.3. The maximum absolute atomic E-state index is 12.6. The molecule has 1 aliphatic heterocycles. The lowest BCUT2D eigenvalue weighted by Gasteiger charge is -2.28. The van der Waals surface area contributed by atoms with E-state index in [4.69, 9.17) is 0 Å². The van der Waals surface area contributed by atoms with Crippen molar-refractivity contribution in [3.63, 3.8) is 0 Å². The van der Waals surface area contributed by atoms with Crippen molar-refractivity contribution < 1.29 is 9.59 Å². The smallest absolute Gasteiger partial charge is 0.254 e. The molecule has 7 nitrogen and oxygen atoms in total. The van der Waals surface area contributed by atoms with Crippen LogP contribution in [0, 0.1) is 5.92 Å². The third-order valence-electron chi connectivity index (χ3n) is 6.53. The van der Waals surface area contributed by atoms with Crippen LogP contribution in [0.5, 0.6) is 0 Å². The van der Waals surface area contributed by atoms with Gasteiger partial charge in [-0.2, -0.15) is 0 Å². The van der Waals surface area contributed by atoms with Crippen LogP contribution in [-0.4, -0.2) is 58.9 Å². The zero-order chi connectivity index (χ0) is 21.5. The van der Waals surface area contributed by atoms with E-state index in [1.807, 2.05) is 0 Å². The summed E-state index contributed by atoms with van der Waals surface area (Å²) in [5.41, 5.74) is 1.89. The van der Waals surface area contributed by atoms with Crippen molar-refractivity contribution in [3.8, 4) is 0 Å². The highest BCUT2D eigenvalue weighted by molar-refractivity contribution is 5.93. The van der Waals surface area contributed by atoms with E-state index < -0.39 is 0 Å². The third kappa shape index (κ3) is 5.88. The molecule has 2 aromatic rings. The van der Waals surface area contributed by atoms with Gasteiger partial charge in [0, 0.05) is 44.0 Å². The molecule has 2 aliphatic rings. The number of carbonyl (C=O) groups is 2. The Labute approximate surface area is 183 Å². The first kappa shape index (κ1) is 21.4. The van der Waals surface area contributed by atoms with E-state index in [1.54, 1.807) is 0 Å². The Morgan fingerprint density at radius 3 is 2.48 bits per heavy atom. The van der Waals surface area contributed by atoms with Crippen molar-refractivity contribution in [2.45, 2.75) is 44.1 Å². The largest absolute Gasteiger partial charge is 0.355 e. The summed E-state index contributed by atoms with van der Waals surface area (Å²) in [6.45, 7) is 3.76. The predicted octanol–water partition coefficient (Wildman–Crippen LogP) is 2.37. The van der Waals surface area contributed by atoms with Crippen LogP contribution < -0.4 is 10.6 Å². The van der Waals surface area contributed by atoms with Crippen molar-refractivity contribution in [2.75, 3.05) is 26.2 Å². The fraction of sp³-hybridized carbons (Fsp3) is 0.500. The molecule has 1 saturated heterocycles. The number of carbonyl (C=O) groups excluding carboxylic acids is 2. The molecule has 1 aliphatic carbocycles. The number of benzene rings is 1. The summed E-state index contributed by atoms with van der Waals surface area (Å²) in [6.07, 6.45) is 8.89. The van der Waals surface area contributed by atoms with Gasteiger partial charge in [-0.15, -0.1) is 0 Å². The fourth-order valence-corrected chi connectivity index (χ4v) is 4.70. The van der Waals surface area contributed by atoms with Crippen molar-refractivity contribution >= 4 is 11.8 Å². The first-order chi connectivity index (χ1) is 15.2. The van der Waals surface area contributed by atoms with Crippen LogP contribution in [0.3, 0.4) is 0 Å². The molecule has 164 valence electrons. The van der Waals surface area contributed by atoms with E-state index in [0.717, 1.165) is 45.3 Å². The van der Waals surface area contributed by atoms with Crippen LogP contribution in [0.1, 0.15) is 53.9 Å². The Morgan fingerprint density at radius 1 is 1.00 bits per heavy atom. The van der Waals surface area contributed by atoms with Gasteiger partial charge >= 0.3 is 0 Å². The number of likely N-dealkylation sites (tertiary alicyclic amines) is 1. The maximum atomic E-state index is 12.6. The van der Waals surface area contributed by atoms with Crippen molar-refractivity contribution in [1.29, 1.82) is 0 Å². The summed E-state index contributed by atoms with van der Waals surface area (Å²) in [5, 5.41) is 6.17. The second kappa shape index (κ2) is 10.5. The van der Waals surface area contributed by atoms with Crippen molar-refractivity contribution in [3.05, 3.63) is 60.2 Å². The number of aromatic nitrogens is 2. The molecule has 0 spiro atoms. The molecular formula is C24H31N5O2. The molecule has 1 aromatic carbocycles. The van der Waals surface area contributed by atoms with Crippen LogP contribution in [-0.2, 0) is 4.79 Å². The highest BCUT2D eigenvalue weighted by Crippen LogP contribution is 2.27. The lowest BCUT2D eigenvalue weighted by atomic mass is 9.85. The third-order valence-corrected chi connectivity index (χ3v) is 6.53. The molecule has 31 heavy (non-hydrogen) atoms. The molecule has 1 unspecified atom stereocenters. The highest BCUT2D eigenvalue weighted by atomic mass is 16.2. The van der Waals surface area contributed by atoms with Gasteiger partial charge in [0.25, 0.3) is 5.91 Å². The van der Waals surface area contributed by atoms with E-state index in [9.17, 15) is 9.59 Å². The summed E-state index contributed by atoms with van der Waals surface area (Å²) in [5.74, 6) is 0.654. The van der Waals surface area contributed by atoms with Crippen LogP contribution in [0.2, 0.25) is 0 Å². The predicted molar refractivity (Wildman–Crippen MR) is 118 cm³/mol. The van der Waals surface area contributed by atoms with Crippen LogP contribution in [0.15, 0.2) is 49.1 Å². The zero-order valence-corrected chi connectivity index (χ0v) is 17.9. The number of hydrogen-bond acceptors (Lipinski definition) is 5. The number of nitrogens with one attached hydrogen (secondary N) is 2. The molecule has 7 heteroatoms. The maximum Gasteiger partial charge on any atom is 0.254 e. The Hall–Kier alpha value is -2.80. The van der Waals surface area contributed by atoms with E-state index >= 15 is 0 Å². The number of nitrogens with zero attached hydrogens (tertiary/aromatic N) is 3. The first-order valence-corrected chi connectivity index (χ1v) is 11.3. The standard InChI is InChI=1S/C24H31N5O2/c30-23(27-11-13-29-12-10-20(16-29)18-4-2-1-3-5-18)19-6-8-22(9-7-19)28-24(31)21-14-25-17-26-15-21/h1-5,14-15,17,19-20,22H,6-13,16H2,(H,27,30)(H,28,31). The van der Waals surface area contributed by atoms with Gasteiger partial charge in [-0.25, -0.2) is 9.97 Å². The summed E-state index contributed by atoms with van der Waals surface area (Å²) >= 11 is 0. The lowest BCUT2D eigenvalue weighted by Crippen LogP contribution is -2.42. The number of hydrogen-bond donors (Lipinski definition) is 2. The lowest BCUT2D eigenvalue weighted by molar-refractivity contribution is -0.126. The topological polar surface area (TPSA) is 87.2 Å². The van der Waals surface area contributed by atoms with Gasteiger partial charge in [0.2, 0.25) is 5.91 Å². The Balaban J connectivity index is 1.13. The normalized spacial score (nSPS) is 23.9. The van der Waals surface area contributed by atoms with Crippen LogP contribution >= 0.6 is 0 Å². The quantitative estimate of drug-likeness (QED) is 0.717. The number of rotatable bonds is 7. The van der Waals surface area contributed by atoms with Gasteiger partial charge in [-0.05, 0) is 50.1 Å². The van der Waals surface area contributed by atoms with E-state index in [0.29, 0.717) is 18.0 Å².